The van der Waals surface area contributed by atoms with Crippen molar-refractivity contribution in [1.29, 1.82) is 0 Å². The van der Waals surface area contributed by atoms with Crippen LogP contribution in [0.25, 0.3) is 0 Å². The van der Waals surface area contributed by atoms with Gasteiger partial charge in [0.25, 0.3) is 5.89 Å². The molecule has 264 valence electrons. The molecule has 0 aliphatic carbocycles. The molecule has 2 aromatic heterocycles. The van der Waals surface area contributed by atoms with Gasteiger partial charge in [-0.2, -0.15) is 9.59 Å². The summed E-state index contributed by atoms with van der Waals surface area (Å²) < 4.78 is 23.8. The van der Waals surface area contributed by atoms with Gasteiger partial charge in [-0.25, -0.2) is 10.2 Å². The largest absolute Gasteiger partial charge is 1.00 e. The molecule has 0 fully saturated rings. The molecule has 2 atom stereocenters. The van der Waals surface area contributed by atoms with Gasteiger partial charge in [-0.1, -0.05) is 85.5 Å². The van der Waals surface area contributed by atoms with E-state index in [0.29, 0.717) is 24.8 Å². The SMILES string of the molecule is CC(C)(C)c1nn[c-]o1.CC(C)(C)c1nnc(C(=O)CC2CCCOc3cc(Br)ccc32)o1.NC1CCCOc2cc(Br)ccc21.O=C=O.[K+]. The van der Waals surface area contributed by atoms with Crippen molar-refractivity contribution in [2.75, 3.05) is 13.2 Å². The molecule has 0 radical (unpaired) electrons. The van der Waals surface area contributed by atoms with Gasteiger partial charge in [0.15, 0.2) is 0 Å². The molecule has 0 spiro atoms. The van der Waals surface area contributed by atoms with E-state index in [4.69, 9.17) is 33.6 Å². The summed E-state index contributed by atoms with van der Waals surface area (Å²) in [6.45, 7) is 13.4. The summed E-state index contributed by atoms with van der Waals surface area (Å²) in [5, 5.41) is 15.1. The number of aromatic nitrogens is 4. The normalized spacial score (nSPS) is 16.4. The minimum atomic E-state index is -0.263. The maximum atomic E-state index is 12.6. The van der Waals surface area contributed by atoms with Crippen molar-refractivity contribution in [2.24, 2.45) is 5.73 Å². The van der Waals surface area contributed by atoms with E-state index in [9.17, 15) is 4.79 Å². The Bertz CT molecular complexity index is 1680. The fourth-order valence-corrected chi connectivity index (χ4v) is 5.51. The minimum Gasteiger partial charge on any atom is -0.612 e. The predicted octanol–water partition coefficient (Wildman–Crippen LogP) is 4.87. The molecular formula is C35H42Br2KN5O7. The second-order valence-electron chi connectivity index (χ2n) is 13.5. The number of ether oxygens (including phenoxy) is 2. The summed E-state index contributed by atoms with van der Waals surface area (Å²) in [5.41, 5.74) is 7.88. The quantitative estimate of drug-likeness (QED) is 0.169. The molecule has 15 heteroatoms. The molecular weight excluding hydrogens is 801 g/mol. The summed E-state index contributed by atoms with van der Waals surface area (Å²) in [5.74, 6) is 2.98. The van der Waals surface area contributed by atoms with Crippen LogP contribution in [0.4, 0.5) is 0 Å². The van der Waals surface area contributed by atoms with Crippen LogP contribution in [0.1, 0.15) is 119 Å². The topological polar surface area (TPSA) is 174 Å². The number of ketones is 1. The summed E-state index contributed by atoms with van der Waals surface area (Å²) in [7, 11) is 0. The Morgan fingerprint density at radius 1 is 0.860 bits per heavy atom. The van der Waals surface area contributed by atoms with Gasteiger partial charge in [0.2, 0.25) is 11.7 Å². The number of fused-ring (bicyclic) bond motifs is 2. The van der Waals surface area contributed by atoms with E-state index in [0.717, 1.165) is 63.9 Å². The van der Waals surface area contributed by atoms with E-state index >= 15 is 0 Å². The number of hydrogen-bond acceptors (Lipinski definition) is 12. The van der Waals surface area contributed by atoms with Gasteiger partial charge in [0.1, 0.15) is 11.5 Å². The standard InChI is InChI=1S/C18H21BrN2O3.C10H12BrNO.C6H9N2O.CO2.K/c1-18(2,3)17-21-20-16(24-17)14(22)9-11-5-4-8-23-15-10-12(19)6-7-13(11)15;11-7-3-4-8-9(12)2-1-5-13-10(8)6-7;1-6(2,3)5-8-7-4-9-5;2-1-3;/h6-7,10-11H,4-5,8-9H2,1-3H3;3-4,6,9H,1-2,5,12H2;1-3H3;;/q;;-1;;+1. The van der Waals surface area contributed by atoms with Crippen molar-refractivity contribution in [2.45, 2.75) is 96.4 Å². The van der Waals surface area contributed by atoms with Crippen LogP contribution in [0.3, 0.4) is 0 Å². The summed E-state index contributed by atoms with van der Waals surface area (Å²) in [6, 6.07) is 12.1. The van der Waals surface area contributed by atoms with Gasteiger partial charge in [0, 0.05) is 32.4 Å². The number of hydrogen-bond donors (Lipinski definition) is 1. The number of benzene rings is 2. The maximum Gasteiger partial charge on any atom is 1.00 e. The molecule has 6 rings (SSSR count). The van der Waals surface area contributed by atoms with E-state index in [1.54, 1.807) is 0 Å². The first-order valence-corrected chi connectivity index (χ1v) is 17.4. The average molecular weight is 844 g/mol. The van der Waals surface area contributed by atoms with Gasteiger partial charge >= 0.3 is 57.5 Å². The van der Waals surface area contributed by atoms with Crippen molar-refractivity contribution in [3.8, 4) is 11.5 Å². The average Bonchev–Trinajstić information content (AvgIpc) is 3.69. The first kappa shape index (κ1) is 44.1. The molecule has 2 unspecified atom stereocenters. The zero-order valence-electron chi connectivity index (χ0n) is 29.5. The Kier molecular flexibility index (Phi) is 18.4. The number of carbonyl (C=O) groups excluding carboxylic acids is 3. The first-order valence-electron chi connectivity index (χ1n) is 15.8. The van der Waals surface area contributed by atoms with Crippen LogP contribution in [-0.4, -0.2) is 45.5 Å². The smallest absolute Gasteiger partial charge is 0.612 e. The van der Waals surface area contributed by atoms with E-state index in [1.807, 2.05) is 77.9 Å². The summed E-state index contributed by atoms with van der Waals surface area (Å²) in [4.78, 5) is 28.8. The van der Waals surface area contributed by atoms with Crippen molar-refractivity contribution in [1.82, 2.24) is 20.4 Å². The number of Topliss-reactive ketones (excluding diaryl/α,β-unsaturated/α-hetero) is 1. The van der Waals surface area contributed by atoms with Crippen LogP contribution in [0.5, 0.6) is 11.5 Å². The molecule has 0 saturated carbocycles. The van der Waals surface area contributed by atoms with E-state index in [2.05, 4.69) is 58.6 Å². The first-order chi connectivity index (χ1) is 23.1. The summed E-state index contributed by atoms with van der Waals surface area (Å²) in [6.07, 6.45) is 6.77. The number of halogens is 2. The fourth-order valence-electron chi connectivity index (χ4n) is 4.83. The molecule has 4 aromatic rings. The number of nitrogens with two attached hydrogens (primary N) is 1. The van der Waals surface area contributed by atoms with Crippen molar-refractivity contribution >= 4 is 43.8 Å². The fraction of sp³-hybridized carbons (Fsp3) is 0.486. The summed E-state index contributed by atoms with van der Waals surface area (Å²) >= 11 is 6.88. The van der Waals surface area contributed by atoms with Gasteiger partial charge in [-0.05, 0) is 66.8 Å². The van der Waals surface area contributed by atoms with E-state index < -0.39 is 0 Å². The number of carbonyl (C=O) groups is 1. The van der Waals surface area contributed by atoms with Crippen LogP contribution in [0.15, 0.2) is 54.2 Å². The number of nitrogens with zero attached hydrogens (tertiary/aromatic N) is 4. The van der Waals surface area contributed by atoms with Crippen LogP contribution in [0.2, 0.25) is 0 Å². The molecule has 12 nitrogen and oxygen atoms in total. The van der Waals surface area contributed by atoms with E-state index in [1.165, 1.54) is 0 Å². The van der Waals surface area contributed by atoms with Crippen LogP contribution in [0, 0.1) is 6.39 Å². The second kappa shape index (κ2) is 20.8. The van der Waals surface area contributed by atoms with Crippen molar-refractivity contribution in [3.63, 3.8) is 0 Å². The Hall–Kier alpha value is -2.07. The minimum absolute atomic E-state index is 0. The maximum absolute atomic E-state index is 12.6. The van der Waals surface area contributed by atoms with Crippen LogP contribution >= 0.6 is 31.9 Å². The van der Waals surface area contributed by atoms with Gasteiger partial charge < -0.3 is 24.0 Å². The third-order valence-corrected chi connectivity index (χ3v) is 8.35. The molecule has 2 aromatic carbocycles. The zero-order chi connectivity index (χ0) is 36.2. The zero-order valence-corrected chi connectivity index (χ0v) is 35.8. The molecule has 0 amide bonds. The molecule has 50 heavy (non-hydrogen) atoms. The Labute approximate surface area is 352 Å². The van der Waals surface area contributed by atoms with Crippen molar-refractivity contribution in [3.05, 3.63) is 80.5 Å². The molecule has 2 N–H and O–H groups in total. The molecule has 2 aliphatic heterocycles. The van der Waals surface area contributed by atoms with Crippen LogP contribution < -0.4 is 66.6 Å². The predicted molar refractivity (Wildman–Crippen MR) is 186 cm³/mol. The Morgan fingerprint density at radius 2 is 1.40 bits per heavy atom. The Balaban J connectivity index is 0.000000279. The van der Waals surface area contributed by atoms with Crippen LogP contribution in [-0.2, 0) is 20.4 Å². The van der Waals surface area contributed by atoms with Gasteiger partial charge in [0.05, 0.1) is 25.5 Å². The Morgan fingerprint density at radius 3 is 1.90 bits per heavy atom. The molecule has 2 aliphatic rings. The second-order valence-corrected chi connectivity index (χ2v) is 15.3. The molecule has 0 saturated heterocycles. The molecule has 0 bridgehead atoms. The van der Waals surface area contributed by atoms with Crippen molar-refractivity contribution < 1.29 is 84.1 Å². The monoisotopic (exact) mass is 841 g/mol. The molecule has 4 heterocycles. The number of rotatable bonds is 3. The third-order valence-electron chi connectivity index (χ3n) is 7.36. The van der Waals surface area contributed by atoms with Gasteiger partial charge in [-0.15, -0.1) is 10.2 Å². The third kappa shape index (κ3) is 13.8. The van der Waals surface area contributed by atoms with Gasteiger partial charge in [-0.3, -0.25) is 4.79 Å². The van der Waals surface area contributed by atoms with E-state index in [-0.39, 0.29) is 92.0 Å².